The van der Waals surface area contributed by atoms with Gasteiger partial charge in [0.15, 0.2) is 11.4 Å². The van der Waals surface area contributed by atoms with Crippen LogP contribution >= 0.6 is 0 Å². The van der Waals surface area contributed by atoms with E-state index in [1.807, 2.05) is 36.4 Å². The third kappa shape index (κ3) is 1.56. The van der Waals surface area contributed by atoms with Crippen LogP contribution in [0.15, 0.2) is 48.5 Å². The molecule has 90 valence electrons. The van der Waals surface area contributed by atoms with Crippen molar-refractivity contribution in [3.8, 4) is 5.75 Å². The molecule has 2 aromatic rings. The SMILES string of the molecule is COc1ccccc1[N+]1=C(N)c2ccccc2C1. The van der Waals surface area contributed by atoms with Gasteiger partial charge < -0.3 is 4.74 Å². The number of benzene rings is 2. The molecule has 1 aliphatic rings. The molecule has 18 heavy (non-hydrogen) atoms. The molecule has 0 atom stereocenters. The lowest BCUT2D eigenvalue weighted by molar-refractivity contribution is -0.453. The van der Waals surface area contributed by atoms with Gasteiger partial charge in [-0.2, -0.15) is 0 Å². The molecule has 3 rings (SSSR count). The summed E-state index contributed by atoms with van der Waals surface area (Å²) < 4.78 is 7.48. The molecule has 0 bridgehead atoms. The number of ether oxygens (including phenoxy) is 1. The number of rotatable bonds is 2. The number of fused-ring (bicyclic) bond motifs is 1. The molecular weight excluding hydrogens is 224 g/mol. The lowest BCUT2D eigenvalue weighted by Gasteiger charge is -2.07. The first-order valence-electron chi connectivity index (χ1n) is 5.92. The van der Waals surface area contributed by atoms with E-state index >= 15 is 0 Å². The van der Waals surface area contributed by atoms with Crippen molar-refractivity contribution < 1.29 is 9.31 Å². The van der Waals surface area contributed by atoms with Crippen molar-refractivity contribution in [2.24, 2.45) is 5.73 Å². The summed E-state index contributed by atoms with van der Waals surface area (Å²) in [6.07, 6.45) is 0. The number of nitrogens with two attached hydrogens (primary N) is 1. The Hall–Kier alpha value is -2.29. The summed E-state index contributed by atoms with van der Waals surface area (Å²) >= 11 is 0. The lowest BCUT2D eigenvalue weighted by Crippen LogP contribution is -2.20. The minimum absolute atomic E-state index is 0.787. The van der Waals surface area contributed by atoms with E-state index in [1.165, 1.54) is 5.56 Å². The Kier molecular flexibility index (Phi) is 2.52. The summed E-state index contributed by atoms with van der Waals surface area (Å²) in [5, 5.41) is 0. The number of hydrogen-bond donors (Lipinski definition) is 1. The Labute approximate surface area is 106 Å². The monoisotopic (exact) mass is 239 g/mol. The maximum atomic E-state index is 6.23. The first kappa shape index (κ1) is 10.8. The molecule has 2 N–H and O–H groups in total. The van der Waals surface area contributed by atoms with Crippen molar-refractivity contribution in [2.45, 2.75) is 6.54 Å². The molecule has 3 nitrogen and oxygen atoms in total. The normalized spacial score (nSPS) is 13.6. The third-order valence-electron chi connectivity index (χ3n) is 3.29. The topological polar surface area (TPSA) is 38.3 Å². The van der Waals surface area contributed by atoms with Crippen LogP contribution in [-0.2, 0) is 6.54 Å². The van der Waals surface area contributed by atoms with Gasteiger partial charge in [0.1, 0.15) is 6.54 Å². The summed E-state index contributed by atoms with van der Waals surface area (Å²) in [5.41, 5.74) is 9.61. The zero-order valence-corrected chi connectivity index (χ0v) is 10.3. The van der Waals surface area contributed by atoms with Crippen LogP contribution in [0.3, 0.4) is 0 Å². The molecular formula is C15H15N2O+. The Morgan fingerprint density at radius 2 is 1.78 bits per heavy atom. The molecule has 3 heteroatoms. The smallest absolute Gasteiger partial charge is 0.280 e. The quantitative estimate of drug-likeness (QED) is 0.816. The fourth-order valence-corrected chi connectivity index (χ4v) is 2.38. The van der Waals surface area contributed by atoms with Gasteiger partial charge in [0.25, 0.3) is 5.84 Å². The average Bonchev–Trinajstić information content (AvgIpc) is 2.76. The molecule has 2 aromatic carbocycles. The van der Waals surface area contributed by atoms with Crippen molar-refractivity contribution in [3.63, 3.8) is 0 Å². The highest BCUT2D eigenvalue weighted by atomic mass is 16.5. The molecule has 0 amide bonds. The molecule has 1 aliphatic heterocycles. The van der Waals surface area contributed by atoms with E-state index in [-0.39, 0.29) is 0 Å². The summed E-state index contributed by atoms with van der Waals surface area (Å²) in [4.78, 5) is 0. The van der Waals surface area contributed by atoms with Crippen molar-refractivity contribution >= 4 is 11.5 Å². The summed E-state index contributed by atoms with van der Waals surface area (Å²) in [6.45, 7) is 0.794. The summed E-state index contributed by atoms with van der Waals surface area (Å²) in [5.74, 6) is 1.63. The Bertz CT molecular complexity index is 632. The second kappa shape index (κ2) is 4.18. The lowest BCUT2D eigenvalue weighted by atomic mass is 10.1. The van der Waals surface area contributed by atoms with Gasteiger partial charge in [0.05, 0.1) is 12.7 Å². The van der Waals surface area contributed by atoms with Gasteiger partial charge >= 0.3 is 0 Å². The minimum atomic E-state index is 0.787. The van der Waals surface area contributed by atoms with Crippen LogP contribution in [0.25, 0.3) is 0 Å². The molecule has 0 unspecified atom stereocenters. The number of nitrogens with zero attached hydrogens (tertiary/aromatic N) is 1. The fraction of sp³-hybridized carbons (Fsp3) is 0.133. The van der Waals surface area contributed by atoms with Crippen LogP contribution in [0.1, 0.15) is 11.1 Å². The molecule has 0 aromatic heterocycles. The molecule has 1 heterocycles. The van der Waals surface area contributed by atoms with Gasteiger partial charge in [0.2, 0.25) is 0 Å². The largest absolute Gasteiger partial charge is 0.492 e. The van der Waals surface area contributed by atoms with Crippen molar-refractivity contribution in [1.82, 2.24) is 0 Å². The molecule has 0 aliphatic carbocycles. The summed E-state index contributed by atoms with van der Waals surface area (Å²) in [6, 6.07) is 16.1. The highest BCUT2D eigenvalue weighted by molar-refractivity contribution is 5.97. The van der Waals surface area contributed by atoms with Crippen LogP contribution < -0.4 is 10.5 Å². The second-order valence-corrected chi connectivity index (χ2v) is 4.30. The zero-order valence-electron chi connectivity index (χ0n) is 10.3. The highest BCUT2D eigenvalue weighted by Gasteiger charge is 2.26. The summed E-state index contributed by atoms with van der Waals surface area (Å²) in [7, 11) is 1.68. The maximum absolute atomic E-state index is 6.23. The Balaban J connectivity index is 2.13. The van der Waals surface area contributed by atoms with Gasteiger partial charge in [-0.1, -0.05) is 30.3 Å². The maximum Gasteiger partial charge on any atom is 0.280 e. The second-order valence-electron chi connectivity index (χ2n) is 4.30. The van der Waals surface area contributed by atoms with Gasteiger partial charge in [-0.3, -0.25) is 5.73 Å². The Morgan fingerprint density at radius 1 is 1.06 bits per heavy atom. The number of methoxy groups -OCH3 is 1. The standard InChI is InChI=1S/C15H14N2O/c1-18-14-9-5-4-8-13(14)17-10-11-6-2-3-7-12(11)15(17)16/h2-9,16H,10H2,1H3/p+1. The zero-order chi connectivity index (χ0) is 12.5. The van der Waals surface area contributed by atoms with Gasteiger partial charge in [-0.25, -0.2) is 4.58 Å². The van der Waals surface area contributed by atoms with Gasteiger partial charge in [-0.05, 0) is 18.2 Å². The molecule has 0 saturated carbocycles. The van der Waals surface area contributed by atoms with E-state index in [0.717, 1.165) is 29.4 Å². The van der Waals surface area contributed by atoms with E-state index in [1.54, 1.807) is 7.11 Å². The number of para-hydroxylation sites is 2. The van der Waals surface area contributed by atoms with Gasteiger partial charge in [-0.15, -0.1) is 0 Å². The van der Waals surface area contributed by atoms with Crippen LogP contribution in [0.2, 0.25) is 0 Å². The molecule has 0 spiro atoms. The van der Waals surface area contributed by atoms with E-state index in [4.69, 9.17) is 10.5 Å². The number of hydrogen-bond acceptors (Lipinski definition) is 2. The Morgan fingerprint density at radius 3 is 2.56 bits per heavy atom. The van der Waals surface area contributed by atoms with Crippen molar-refractivity contribution in [3.05, 3.63) is 59.7 Å². The fourth-order valence-electron chi connectivity index (χ4n) is 2.38. The van der Waals surface area contributed by atoms with Crippen molar-refractivity contribution in [1.29, 1.82) is 0 Å². The highest BCUT2D eigenvalue weighted by Crippen LogP contribution is 2.31. The average molecular weight is 239 g/mol. The molecule has 0 fully saturated rings. The first-order chi connectivity index (χ1) is 8.81. The van der Waals surface area contributed by atoms with Crippen LogP contribution in [-0.4, -0.2) is 17.5 Å². The van der Waals surface area contributed by atoms with Crippen LogP contribution in [0.5, 0.6) is 5.75 Å². The van der Waals surface area contributed by atoms with Crippen LogP contribution in [0, 0.1) is 0 Å². The third-order valence-corrected chi connectivity index (χ3v) is 3.29. The predicted octanol–water partition coefficient (Wildman–Crippen LogP) is 2.26. The predicted molar refractivity (Wildman–Crippen MR) is 71.4 cm³/mol. The van der Waals surface area contributed by atoms with E-state index in [9.17, 15) is 0 Å². The van der Waals surface area contributed by atoms with E-state index < -0.39 is 0 Å². The first-order valence-corrected chi connectivity index (χ1v) is 5.92. The van der Waals surface area contributed by atoms with E-state index in [2.05, 4.69) is 16.7 Å². The minimum Gasteiger partial charge on any atom is -0.492 e. The van der Waals surface area contributed by atoms with Crippen molar-refractivity contribution in [2.75, 3.05) is 7.11 Å². The number of amidine groups is 1. The van der Waals surface area contributed by atoms with E-state index in [0.29, 0.717) is 0 Å². The van der Waals surface area contributed by atoms with Gasteiger partial charge in [0, 0.05) is 5.56 Å². The van der Waals surface area contributed by atoms with Crippen LogP contribution in [0.4, 0.5) is 5.69 Å². The molecule has 0 saturated heterocycles. The molecule has 0 radical (unpaired) electrons.